The second-order valence-corrected chi connectivity index (χ2v) is 5.83. The molecule has 1 aliphatic rings. The molecule has 0 aliphatic heterocycles. The lowest BCUT2D eigenvalue weighted by Gasteiger charge is -2.12. The highest BCUT2D eigenvalue weighted by Gasteiger charge is 2.39. The van der Waals surface area contributed by atoms with Gasteiger partial charge in [0.15, 0.2) is 0 Å². The van der Waals surface area contributed by atoms with E-state index in [1.165, 1.54) is 12.1 Å². The first-order chi connectivity index (χ1) is 7.41. The molecule has 1 N–H and O–H groups in total. The summed E-state index contributed by atoms with van der Waals surface area (Å²) in [6.45, 7) is 1.98. The number of nitrogens with one attached hydrogen (secondary N) is 1. The molecule has 1 aromatic carbocycles. The Labute approximate surface area is 112 Å². The molecule has 2 nitrogen and oxygen atoms in total. The molecule has 0 saturated heterocycles. The van der Waals surface area contributed by atoms with Gasteiger partial charge < -0.3 is 5.32 Å². The van der Waals surface area contributed by atoms with Gasteiger partial charge in [0.25, 0.3) is 5.91 Å². The average molecular weight is 354 g/mol. The van der Waals surface area contributed by atoms with Crippen LogP contribution in [0.25, 0.3) is 0 Å². The van der Waals surface area contributed by atoms with Gasteiger partial charge in [0.2, 0.25) is 0 Å². The summed E-state index contributed by atoms with van der Waals surface area (Å²) in [6, 6.07) is 2.65. The van der Waals surface area contributed by atoms with Crippen LogP contribution in [-0.4, -0.2) is 11.4 Å². The Morgan fingerprint density at radius 1 is 1.56 bits per heavy atom. The second-order valence-electron chi connectivity index (χ2n) is 4.26. The van der Waals surface area contributed by atoms with Crippen molar-refractivity contribution in [3.63, 3.8) is 0 Å². The van der Waals surface area contributed by atoms with E-state index >= 15 is 0 Å². The maximum Gasteiger partial charge on any atom is 0.253 e. The van der Waals surface area contributed by atoms with Gasteiger partial charge in [-0.2, -0.15) is 0 Å². The van der Waals surface area contributed by atoms with Crippen LogP contribution in [0.1, 0.15) is 30.1 Å². The standard InChI is InChI=1S/C11H10ClFINO/c1-11(2-3-11)15-10(16)6-4-9(14)8(13)5-7(6)12/h4-5H,2-3H2,1H3,(H,15,16). The van der Waals surface area contributed by atoms with Crippen molar-refractivity contribution in [1.29, 1.82) is 0 Å². The lowest BCUT2D eigenvalue weighted by Crippen LogP contribution is -2.34. The molecule has 0 aromatic heterocycles. The van der Waals surface area contributed by atoms with E-state index in [9.17, 15) is 9.18 Å². The van der Waals surface area contributed by atoms with Crippen molar-refractivity contribution in [2.45, 2.75) is 25.3 Å². The maximum absolute atomic E-state index is 13.1. The molecule has 1 amide bonds. The monoisotopic (exact) mass is 353 g/mol. The minimum Gasteiger partial charge on any atom is -0.347 e. The van der Waals surface area contributed by atoms with E-state index in [0.717, 1.165) is 12.8 Å². The molecule has 0 radical (unpaired) electrons. The Kier molecular flexibility index (Phi) is 3.13. The maximum atomic E-state index is 13.1. The van der Waals surface area contributed by atoms with E-state index in [1.807, 2.05) is 29.5 Å². The van der Waals surface area contributed by atoms with Gasteiger partial charge in [0, 0.05) is 9.11 Å². The quantitative estimate of drug-likeness (QED) is 0.641. The Morgan fingerprint density at radius 3 is 2.75 bits per heavy atom. The zero-order chi connectivity index (χ0) is 11.9. The summed E-state index contributed by atoms with van der Waals surface area (Å²) < 4.78 is 13.5. The smallest absolute Gasteiger partial charge is 0.253 e. The molecule has 0 bridgehead atoms. The van der Waals surface area contributed by atoms with Gasteiger partial charge in [-0.3, -0.25) is 4.79 Å². The van der Waals surface area contributed by atoms with E-state index in [4.69, 9.17) is 11.6 Å². The van der Waals surface area contributed by atoms with Gasteiger partial charge in [0.1, 0.15) is 5.82 Å². The van der Waals surface area contributed by atoms with Crippen molar-refractivity contribution in [3.05, 3.63) is 32.1 Å². The van der Waals surface area contributed by atoms with Gasteiger partial charge in [-0.05, 0) is 54.5 Å². The van der Waals surface area contributed by atoms with Crippen molar-refractivity contribution in [1.82, 2.24) is 5.32 Å². The molecule has 1 saturated carbocycles. The number of amides is 1. The number of benzene rings is 1. The van der Waals surface area contributed by atoms with Crippen LogP contribution in [-0.2, 0) is 0 Å². The minimum atomic E-state index is -0.403. The zero-order valence-electron chi connectivity index (χ0n) is 8.61. The summed E-state index contributed by atoms with van der Waals surface area (Å²) in [4.78, 5) is 11.9. The molecule has 0 heterocycles. The summed E-state index contributed by atoms with van der Waals surface area (Å²) in [7, 11) is 0. The van der Waals surface area contributed by atoms with Crippen LogP contribution in [0.15, 0.2) is 12.1 Å². The van der Waals surface area contributed by atoms with Crippen LogP contribution >= 0.6 is 34.2 Å². The number of hydrogen-bond acceptors (Lipinski definition) is 1. The van der Waals surface area contributed by atoms with Gasteiger partial charge in [-0.25, -0.2) is 4.39 Å². The van der Waals surface area contributed by atoms with E-state index < -0.39 is 5.82 Å². The van der Waals surface area contributed by atoms with E-state index in [2.05, 4.69) is 5.32 Å². The van der Waals surface area contributed by atoms with Crippen LogP contribution in [0.2, 0.25) is 5.02 Å². The molecule has 16 heavy (non-hydrogen) atoms. The van der Waals surface area contributed by atoms with Gasteiger partial charge in [-0.15, -0.1) is 0 Å². The molecule has 1 aromatic rings. The van der Waals surface area contributed by atoms with Crippen LogP contribution in [0.3, 0.4) is 0 Å². The largest absolute Gasteiger partial charge is 0.347 e. The third-order valence-corrected chi connectivity index (χ3v) is 3.81. The molecule has 1 fully saturated rings. The van der Waals surface area contributed by atoms with Crippen molar-refractivity contribution >= 4 is 40.1 Å². The molecular weight excluding hydrogens is 343 g/mol. The Bertz CT molecular complexity index is 460. The third-order valence-electron chi connectivity index (χ3n) is 2.67. The molecule has 5 heteroatoms. The summed E-state index contributed by atoms with van der Waals surface area (Å²) >= 11 is 7.68. The minimum absolute atomic E-state index is 0.0970. The predicted octanol–water partition coefficient (Wildman–Crippen LogP) is 3.37. The summed E-state index contributed by atoms with van der Waals surface area (Å²) in [5, 5.41) is 3.04. The highest BCUT2D eigenvalue weighted by molar-refractivity contribution is 14.1. The fourth-order valence-corrected chi connectivity index (χ4v) is 2.05. The first-order valence-corrected chi connectivity index (χ1v) is 6.34. The number of halogens is 3. The van der Waals surface area contributed by atoms with Crippen LogP contribution in [0.5, 0.6) is 0 Å². The Balaban J connectivity index is 2.26. The van der Waals surface area contributed by atoms with E-state index in [-0.39, 0.29) is 16.5 Å². The normalized spacial score (nSPS) is 17.0. The number of carbonyl (C=O) groups is 1. The van der Waals surface area contributed by atoms with Crippen molar-refractivity contribution in [2.24, 2.45) is 0 Å². The first-order valence-electron chi connectivity index (χ1n) is 4.88. The average Bonchev–Trinajstić information content (AvgIpc) is 2.89. The number of rotatable bonds is 2. The molecule has 0 atom stereocenters. The van der Waals surface area contributed by atoms with Crippen LogP contribution in [0, 0.1) is 9.39 Å². The Morgan fingerprint density at radius 2 is 2.19 bits per heavy atom. The van der Waals surface area contributed by atoms with Crippen LogP contribution in [0.4, 0.5) is 4.39 Å². The molecule has 1 aliphatic carbocycles. The lowest BCUT2D eigenvalue weighted by molar-refractivity contribution is 0.0935. The third kappa shape index (κ3) is 2.48. The van der Waals surface area contributed by atoms with E-state index in [1.54, 1.807) is 0 Å². The van der Waals surface area contributed by atoms with Crippen LogP contribution < -0.4 is 5.32 Å². The molecule has 0 unspecified atom stereocenters. The van der Waals surface area contributed by atoms with E-state index in [0.29, 0.717) is 9.13 Å². The first kappa shape index (κ1) is 12.1. The predicted molar refractivity (Wildman–Crippen MR) is 69.2 cm³/mol. The van der Waals surface area contributed by atoms with Gasteiger partial charge in [0.05, 0.1) is 10.6 Å². The zero-order valence-corrected chi connectivity index (χ0v) is 11.5. The fourth-order valence-electron chi connectivity index (χ4n) is 1.35. The molecule has 0 spiro atoms. The topological polar surface area (TPSA) is 29.1 Å². The fraction of sp³-hybridized carbons (Fsp3) is 0.364. The summed E-state index contributed by atoms with van der Waals surface area (Å²) in [5.74, 6) is -0.636. The molecule has 2 rings (SSSR count). The molecule has 86 valence electrons. The van der Waals surface area contributed by atoms with Gasteiger partial charge >= 0.3 is 0 Å². The molecular formula is C11H10ClFINO. The number of hydrogen-bond donors (Lipinski definition) is 1. The Hall–Kier alpha value is -0.360. The van der Waals surface area contributed by atoms with Gasteiger partial charge in [-0.1, -0.05) is 11.6 Å². The SMILES string of the molecule is CC1(NC(=O)c2cc(I)c(F)cc2Cl)CC1. The highest BCUT2D eigenvalue weighted by Crippen LogP contribution is 2.35. The van der Waals surface area contributed by atoms with Crippen molar-refractivity contribution in [3.8, 4) is 0 Å². The summed E-state index contributed by atoms with van der Waals surface area (Å²) in [6.07, 6.45) is 1.96. The second kappa shape index (κ2) is 4.14. The highest BCUT2D eigenvalue weighted by atomic mass is 127. The lowest BCUT2D eigenvalue weighted by atomic mass is 10.2. The van der Waals surface area contributed by atoms with Crippen molar-refractivity contribution in [2.75, 3.05) is 0 Å². The number of carbonyl (C=O) groups excluding carboxylic acids is 1. The summed E-state index contributed by atoms with van der Waals surface area (Å²) in [5.41, 5.74) is 0.237. The van der Waals surface area contributed by atoms with Crippen molar-refractivity contribution < 1.29 is 9.18 Å².